The maximum Gasteiger partial charge on any atom is 0.408 e. The standard InChI is InChI=1S/C11H15F3N4O/c1-6(2)16-10(19)8-9-17-7(11(12,13)14)3-4-18(9)5-15-8/h5-7,17H,3-4H2,1-2H3,(H,16,19). The molecule has 1 atom stereocenters. The molecule has 0 radical (unpaired) electrons. The largest absolute Gasteiger partial charge is 0.408 e. The van der Waals surface area contributed by atoms with Gasteiger partial charge in [-0.25, -0.2) is 4.98 Å². The molecular formula is C11H15F3N4O. The molecular weight excluding hydrogens is 261 g/mol. The molecule has 0 fully saturated rings. The monoisotopic (exact) mass is 276 g/mol. The third-order valence-electron chi connectivity index (χ3n) is 2.84. The highest BCUT2D eigenvalue weighted by atomic mass is 19.4. The number of aromatic nitrogens is 2. The summed E-state index contributed by atoms with van der Waals surface area (Å²) in [6.07, 6.45) is -3.02. The van der Waals surface area contributed by atoms with Crippen LogP contribution in [0.3, 0.4) is 0 Å². The Labute approximate surface area is 108 Å². The number of hydrogen-bond acceptors (Lipinski definition) is 3. The zero-order valence-electron chi connectivity index (χ0n) is 10.6. The van der Waals surface area contributed by atoms with E-state index in [1.54, 1.807) is 13.8 Å². The molecule has 5 nitrogen and oxygen atoms in total. The summed E-state index contributed by atoms with van der Waals surface area (Å²) >= 11 is 0. The van der Waals surface area contributed by atoms with Crippen LogP contribution in [0.1, 0.15) is 30.8 Å². The zero-order valence-corrected chi connectivity index (χ0v) is 10.6. The van der Waals surface area contributed by atoms with Crippen molar-refractivity contribution in [3.05, 3.63) is 12.0 Å². The lowest BCUT2D eigenvalue weighted by Gasteiger charge is -2.28. The highest BCUT2D eigenvalue weighted by molar-refractivity contribution is 5.97. The van der Waals surface area contributed by atoms with E-state index in [4.69, 9.17) is 0 Å². The minimum atomic E-state index is -4.33. The van der Waals surface area contributed by atoms with E-state index in [9.17, 15) is 18.0 Å². The molecule has 2 rings (SSSR count). The zero-order chi connectivity index (χ0) is 14.2. The molecule has 0 bridgehead atoms. The molecule has 1 aliphatic heterocycles. The van der Waals surface area contributed by atoms with Crippen LogP contribution >= 0.6 is 0 Å². The van der Waals surface area contributed by atoms with Crippen LogP contribution in [0, 0.1) is 0 Å². The second kappa shape index (κ2) is 4.75. The Hall–Kier alpha value is -1.73. The molecule has 1 aromatic heterocycles. The van der Waals surface area contributed by atoms with E-state index in [-0.39, 0.29) is 30.5 Å². The van der Waals surface area contributed by atoms with Gasteiger partial charge in [0.25, 0.3) is 5.91 Å². The summed E-state index contributed by atoms with van der Waals surface area (Å²) in [4.78, 5) is 15.7. The smallest absolute Gasteiger partial charge is 0.358 e. The molecule has 0 spiro atoms. The Bertz CT molecular complexity index is 481. The van der Waals surface area contributed by atoms with Gasteiger partial charge in [-0.3, -0.25) is 4.79 Å². The van der Waals surface area contributed by atoms with Crippen LogP contribution in [-0.2, 0) is 6.54 Å². The number of imidazole rings is 1. The Morgan fingerprint density at radius 2 is 2.26 bits per heavy atom. The van der Waals surface area contributed by atoms with Gasteiger partial charge >= 0.3 is 6.18 Å². The number of anilines is 1. The second-order valence-electron chi connectivity index (χ2n) is 4.79. The molecule has 1 unspecified atom stereocenters. The van der Waals surface area contributed by atoms with Gasteiger partial charge in [0.1, 0.15) is 11.9 Å². The normalized spacial score (nSPS) is 18.9. The SMILES string of the molecule is CC(C)NC(=O)c1ncn2c1NC(C(F)(F)F)CC2. The van der Waals surface area contributed by atoms with Crippen LogP contribution in [0.4, 0.5) is 19.0 Å². The van der Waals surface area contributed by atoms with Crippen molar-refractivity contribution in [2.24, 2.45) is 0 Å². The van der Waals surface area contributed by atoms with Crippen LogP contribution in [0.2, 0.25) is 0 Å². The fraction of sp³-hybridized carbons (Fsp3) is 0.636. The number of amides is 1. The van der Waals surface area contributed by atoms with Crippen LogP contribution in [0.25, 0.3) is 0 Å². The molecule has 2 heterocycles. The fourth-order valence-electron chi connectivity index (χ4n) is 1.95. The third kappa shape index (κ3) is 2.82. The van der Waals surface area contributed by atoms with Crippen LogP contribution in [0.15, 0.2) is 6.33 Å². The second-order valence-corrected chi connectivity index (χ2v) is 4.79. The molecule has 0 saturated carbocycles. The Morgan fingerprint density at radius 3 is 2.84 bits per heavy atom. The number of carbonyl (C=O) groups excluding carboxylic acids is 1. The van der Waals surface area contributed by atoms with Gasteiger partial charge in [0.2, 0.25) is 0 Å². The van der Waals surface area contributed by atoms with Gasteiger partial charge in [-0.05, 0) is 20.3 Å². The van der Waals surface area contributed by atoms with E-state index in [1.807, 2.05) is 0 Å². The highest BCUT2D eigenvalue weighted by Crippen LogP contribution is 2.31. The number of hydrogen-bond donors (Lipinski definition) is 2. The number of nitrogens with zero attached hydrogens (tertiary/aromatic N) is 2. The summed E-state index contributed by atoms with van der Waals surface area (Å²) < 4.78 is 39.6. The first-order chi connectivity index (χ1) is 8.79. The van der Waals surface area contributed by atoms with Gasteiger partial charge in [0.15, 0.2) is 5.69 Å². The Balaban J connectivity index is 2.23. The van der Waals surface area contributed by atoms with Crippen LogP contribution in [0.5, 0.6) is 0 Å². The number of halogens is 3. The quantitative estimate of drug-likeness (QED) is 0.865. The summed E-state index contributed by atoms with van der Waals surface area (Å²) in [5.74, 6) is -0.342. The van der Waals surface area contributed by atoms with Crippen molar-refractivity contribution in [2.75, 3.05) is 5.32 Å². The molecule has 1 aliphatic rings. The first kappa shape index (κ1) is 13.7. The first-order valence-electron chi connectivity index (χ1n) is 5.98. The third-order valence-corrected chi connectivity index (χ3v) is 2.84. The van der Waals surface area contributed by atoms with Gasteiger partial charge in [-0.15, -0.1) is 0 Å². The van der Waals surface area contributed by atoms with Crippen molar-refractivity contribution < 1.29 is 18.0 Å². The van der Waals surface area contributed by atoms with Crippen molar-refractivity contribution in [1.82, 2.24) is 14.9 Å². The average molecular weight is 276 g/mol. The Kier molecular flexibility index (Phi) is 3.42. The minimum Gasteiger partial charge on any atom is -0.358 e. The van der Waals surface area contributed by atoms with Crippen LogP contribution < -0.4 is 10.6 Å². The first-order valence-corrected chi connectivity index (χ1v) is 5.98. The lowest BCUT2D eigenvalue weighted by atomic mass is 10.1. The summed E-state index contributed by atoms with van der Waals surface area (Å²) in [6, 6.07) is -1.74. The van der Waals surface area contributed by atoms with E-state index >= 15 is 0 Å². The molecule has 2 N–H and O–H groups in total. The number of fused-ring (bicyclic) bond motifs is 1. The molecule has 1 aromatic rings. The number of aryl methyl sites for hydroxylation is 1. The number of alkyl halides is 3. The highest BCUT2D eigenvalue weighted by Gasteiger charge is 2.42. The van der Waals surface area contributed by atoms with Crippen molar-refractivity contribution in [2.45, 2.75) is 45.1 Å². The van der Waals surface area contributed by atoms with E-state index in [0.29, 0.717) is 0 Å². The predicted octanol–water partition coefficient (Wildman–Crippen LogP) is 1.77. The lowest BCUT2D eigenvalue weighted by molar-refractivity contribution is -0.145. The summed E-state index contributed by atoms with van der Waals surface area (Å²) in [5.41, 5.74) is 0.00245. The van der Waals surface area contributed by atoms with E-state index < -0.39 is 18.1 Å². The van der Waals surface area contributed by atoms with Gasteiger partial charge < -0.3 is 15.2 Å². The predicted molar refractivity (Wildman–Crippen MR) is 62.9 cm³/mol. The lowest BCUT2D eigenvalue weighted by Crippen LogP contribution is -2.41. The molecule has 19 heavy (non-hydrogen) atoms. The number of carbonyl (C=O) groups is 1. The van der Waals surface area contributed by atoms with E-state index in [1.165, 1.54) is 10.9 Å². The maximum absolute atomic E-state index is 12.7. The number of nitrogens with one attached hydrogen (secondary N) is 2. The summed E-state index contributed by atoms with van der Waals surface area (Å²) in [5, 5.41) is 4.97. The van der Waals surface area contributed by atoms with E-state index in [0.717, 1.165) is 0 Å². The van der Waals surface area contributed by atoms with Gasteiger partial charge in [-0.1, -0.05) is 0 Å². The van der Waals surface area contributed by atoms with Gasteiger partial charge in [-0.2, -0.15) is 13.2 Å². The van der Waals surface area contributed by atoms with E-state index in [2.05, 4.69) is 15.6 Å². The molecule has 106 valence electrons. The fourth-order valence-corrected chi connectivity index (χ4v) is 1.95. The van der Waals surface area contributed by atoms with Gasteiger partial charge in [0.05, 0.1) is 6.33 Å². The Morgan fingerprint density at radius 1 is 1.58 bits per heavy atom. The molecule has 0 aromatic carbocycles. The minimum absolute atomic E-state index is 0.00245. The van der Waals surface area contributed by atoms with Crippen molar-refractivity contribution in [1.29, 1.82) is 0 Å². The summed E-state index contributed by atoms with van der Waals surface area (Å²) in [6.45, 7) is 3.73. The van der Waals surface area contributed by atoms with Crippen molar-refractivity contribution >= 4 is 11.7 Å². The van der Waals surface area contributed by atoms with Crippen LogP contribution in [-0.4, -0.2) is 33.7 Å². The van der Waals surface area contributed by atoms with Gasteiger partial charge in [0, 0.05) is 12.6 Å². The van der Waals surface area contributed by atoms with Crippen molar-refractivity contribution in [3.63, 3.8) is 0 Å². The average Bonchev–Trinajstić information content (AvgIpc) is 2.69. The topological polar surface area (TPSA) is 59.0 Å². The summed E-state index contributed by atoms with van der Waals surface area (Å²) in [7, 11) is 0. The molecule has 0 aliphatic carbocycles. The molecule has 8 heteroatoms. The van der Waals surface area contributed by atoms with Crippen molar-refractivity contribution in [3.8, 4) is 0 Å². The molecule has 1 amide bonds. The number of rotatable bonds is 2. The molecule has 0 saturated heterocycles. The maximum atomic E-state index is 12.7.